The minimum absolute atomic E-state index is 0.380. The van der Waals surface area contributed by atoms with Crippen LogP contribution in [0.5, 0.6) is 0 Å². The first-order valence-electron chi connectivity index (χ1n) is 5.97. The van der Waals surface area contributed by atoms with Crippen LogP contribution < -0.4 is 5.32 Å². The van der Waals surface area contributed by atoms with Crippen LogP contribution in [0.3, 0.4) is 0 Å². The summed E-state index contributed by atoms with van der Waals surface area (Å²) in [6.07, 6.45) is 3.48. The number of imidazole rings is 1. The highest BCUT2D eigenvalue weighted by atomic mass is 15.1. The number of aryl methyl sites for hydroxylation is 2. The molecule has 4 nitrogen and oxygen atoms in total. The fourth-order valence-electron chi connectivity index (χ4n) is 1.91. The summed E-state index contributed by atoms with van der Waals surface area (Å²) in [6.45, 7) is 4.87. The van der Waals surface area contributed by atoms with Gasteiger partial charge in [-0.05, 0) is 31.5 Å². The maximum absolute atomic E-state index is 9.29. The highest BCUT2D eigenvalue weighted by molar-refractivity contribution is 5.48. The summed E-state index contributed by atoms with van der Waals surface area (Å²) in [4.78, 5) is 4.09. The van der Waals surface area contributed by atoms with Gasteiger partial charge in [-0.1, -0.05) is 12.1 Å². The van der Waals surface area contributed by atoms with Crippen molar-refractivity contribution in [2.45, 2.75) is 26.4 Å². The summed E-state index contributed by atoms with van der Waals surface area (Å²) < 4.78 is 1.97. The van der Waals surface area contributed by atoms with Gasteiger partial charge < -0.3 is 9.88 Å². The largest absolute Gasteiger partial charge is 0.365 e. The van der Waals surface area contributed by atoms with Crippen LogP contribution in [0.1, 0.15) is 24.2 Å². The molecular weight excluding hydrogens is 224 g/mol. The third-order valence-electron chi connectivity index (χ3n) is 2.84. The highest BCUT2D eigenvalue weighted by Gasteiger charge is 2.14. The van der Waals surface area contributed by atoms with Gasteiger partial charge >= 0.3 is 0 Å². The molecule has 0 aliphatic rings. The average Bonchev–Trinajstić information content (AvgIpc) is 2.84. The summed E-state index contributed by atoms with van der Waals surface area (Å²) in [5.74, 6) is 0. The molecule has 1 heterocycles. The summed E-state index contributed by atoms with van der Waals surface area (Å²) >= 11 is 0. The van der Waals surface area contributed by atoms with Crippen LogP contribution >= 0.6 is 0 Å². The number of anilines is 1. The van der Waals surface area contributed by atoms with Gasteiger partial charge in [0, 0.05) is 12.2 Å². The van der Waals surface area contributed by atoms with Crippen molar-refractivity contribution in [3.05, 3.63) is 48.0 Å². The third kappa shape index (κ3) is 2.51. The van der Waals surface area contributed by atoms with Crippen LogP contribution in [0, 0.1) is 18.3 Å². The molecule has 0 aliphatic heterocycles. The van der Waals surface area contributed by atoms with Gasteiger partial charge in [0.1, 0.15) is 0 Å². The zero-order valence-electron chi connectivity index (χ0n) is 10.6. The highest BCUT2D eigenvalue weighted by Crippen LogP contribution is 2.19. The van der Waals surface area contributed by atoms with Crippen LogP contribution in [-0.4, -0.2) is 9.55 Å². The molecule has 0 fully saturated rings. The molecule has 1 N–H and O–H groups in total. The Morgan fingerprint density at radius 2 is 2.33 bits per heavy atom. The first kappa shape index (κ1) is 12.2. The Hall–Kier alpha value is -2.28. The number of nitrogens with zero attached hydrogens (tertiary/aromatic N) is 3. The van der Waals surface area contributed by atoms with Crippen molar-refractivity contribution in [3.63, 3.8) is 0 Å². The van der Waals surface area contributed by atoms with Crippen molar-refractivity contribution in [2.24, 2.45) is 0 Å². The van der Waals surface area contributed by atoms with Crippen molar-refractivity contribution in [1.82, 2.24) is 9.55 Å². The standard InChI is InChI=1S/C14H16N4/c1-3-18-10-16-9-14(18)13(8-15)17-12-6-4-5-11(2)7-12/h4-7,9-10,13,17H,3H2,1-2H3. The van der Waals surface area contributed by atoms with E-state index in [0.29, 0.717) is 0 Å². The summed E-state index contributed by atoms with van der Waals surface area (Å²) in [6, 6.07) is 9.89. The van der Waals surface area contributed by atoms with Crippen molar-refractivity contribution < 1.29 is 0 Å². The molecule has 0 bridgehead atoms. The molecular formula is C14H16N4. The molecule has 0 aliphatic carbocycles. The van der Waals surface area contributed by atoms with E-state index in [1.54, 1.807) is 12.5 Å². The van der Waals surface area contributed by atoms with Crippen LogP contribution in [0.4, 0.5) is 5.69 Å². The number of rotatable bonds is 4. The molecule has 0 radical (unpaired) electrons. The van der Waals surface area contributed by atoms with Gasteiger partial charge in [-0.3, -0.25) is 0 Å². The van der Waals surface area contributed by atoms with E-state index in [4.69, 9.17) is 0 Å². The molecule has 2 rings (SSSR count). The molecule has 1 aromatic heterocycles. The van der Waals surface area contributed by atoms with Gasteiger partial charge in [-0.15, -0.1) is 0 Å². The lowest BCUT2D eigenvalue weighted by molar-refractivity contribution is 0.701. The predicted octanol–water partition coefficient (Wildman–Crippen LogP) is 2.89. The maximum Gasteiger partial charge on any atom is 0.156 e. The van der Waals surface area contributed by atoms with Crippen LogP contribution in [-0.2, 0) is 6.54 Å². The quantitative estimate of drug-likeness (QED) is 0.894. The van der Waals surface area contributed by atoms with E-state index < -0.39 is 0 Å². The third-order valence-corrected chi connectivity index (χ3v) is 2.84. The van der Waals surface area contributed by atoms with Crippen molar-refractivity contribution >= 4 is 5.69 Å². The van der Waals surface area contributed by atoms with Gasteiger partial charge in [0.15, 0.2) is 6.04 Å². The van der Waals surface area contributed by atoms with E-state index in [-0.39, 0.29) is 6.04 Å². The number of hydrogen-bond acceptors (Lipinski definition) is 3. The normalized spacial score (nSPS) is 11.8. The van der Waals surface area contributed by atoms with Crippen molar-refractivity contribution in [1.29, 1.82) is 5.26 Å². The van der Waals surface area contributed by atoms with Gasteiger partial charge in [0.25, 0.3) is 0 Å². The predicted molar refractivity (Wildman–Crippen MR) is 71.1 cm³/mol. The Bertz CT molecular complexity index is 565. The SMILES string of the molecule is CCn1cncc1C(C#N)Nc1cccc(C)c1. The van der Waals surface area contributed by atoms with E-state index >= 15 is 0 Å². The minimum Gasteiger partial charge on any atom is -0.365 e. The second-order valence-corrected chi connectivity index (χ2v) is 4.18. The average molecular weight is 240 g/mol. The van der Waals surface area contributed by atoms with Gasteiger partial charge in [0.05, 0.1) is 24.3 Å². The van der Waals surface area contributed by atoms with E-state index in [1.807, 2.05) is 42.7 Å². The van der Waals surface area contributed by atoms with Gasteiger partial charge in [-0.2, -0.15) is 5.26 Å². The molecule has 0 saturated heterocycles. The Balaban J connectivity index is 2.23. The molecule has 0 spiro atoms. The molecule has 92 valence electrons. The Morgan fingerprint density at radius 3 is 3.00 bits per heavy atom. The second kappa shape index (κ2) is 5.37. The van der Waals surface area contributed by atoms with E-state index in [1.165, 1.54) is 5.56 Å². The molecule has 1 aromatic carbocycles. The zero-order valence-corrected chi connectivity index (χ0v) is 10.6. The van der Waals surface area contributed by atoms with E-state index in [9.17, 15) is 5.26 Å². The molecule has 2 aromatic rings. The smallest absolute Gasteiger partial charge is 0.156 e. The second-order valence-electron chi connectivity index (χ2n) is 4.18. The van der Waals surface area contributed by atoms with Gasteiger partial charge in [-0.25, -0.2) is 4.98 Å². The molecule has 1 unspecified atom stereocenters. The summed E-state index contributed by atoms with van der Waals surface area (Å²) in [5.41, 5.74) is 3.01. The molecule has 18 heavy (non-hydrogen) atoms. The van der Waals surface area contributed by atoms with Crippen LogP contribution in [0.15, 0.2) is 36.8 Å². The number of nitrogens with one attached hydrogen (secondary N) is 1. The maximum atomic E-state index is 9.29. The van der Waals surface area contributed by atoms with E-state index in [0.717, 1.165) is 17.9 Å². The lowest BCUT2D eigenvalue weighted by atomic mass is 10.2. The molecule has 1 atom stereocenters. The van der Waals surface area contributed by atoms with Crippen molar-refractivity contribution in [2.75, 3.05) is 5.32 Å². The minimum atomic E-state index is -0.380. The van der Waals surface area contributed by atoms with Crippen molar-refractivity contribution in [3.8, 4) is 6.07 Å². The lowest BCUT2D eigenvalue weighted by Gasteiger charge is -2.14. The molecule has 0 amide bonds. The topological polar surface area (TPSA) is 53.6 Å². The van der Waals surface area contributed by atoms with Crippen LogP contribution in [0.2, 0.25) is 0 Å². The Kier molecular flexibility index (Phi) is 3.63. The van der Waals surface area contributed by atoms with Gasteiger partial charge in [0.2, 0.25) is 0 Å². The first-order chi connectivity index (χ1) is 8.74. The summed E-state index contributed by atoms with van der Waals surface area (Å²) in [5, 5.41) is 12.5. The monoisotopic (exact) mass is 240 g/mol. The zero-order chi connectivity index (χ0) is 13.0. The fraction of sp³-hybridized carbons (Fsp3) is 0.286. The lowest BCUT2D eigenvalue weighted by Crippen LogP contribution is -2.13. The fourth-order valence-corrected chi connectivity index (χ4v) is 1.91. The number of aromatic nitrogens is 2. The number of benzene rings is 1. The Labute approximate surface area is 107 Å². The number of hydrogen-bond donors (Lipinski definition) is 1. The summed E-state index contributed by atoms with van der Waals surface area (Å²) in [7, 11) is 0. The van der Waals surface area contributed by atoms with E-state index in [2.05, 4.69) is 16.4 Å². The molecule has 0 saturated carbocycles. The Morgan fingerprint density at radius 1 is 1.50 bits per heavy atom. The first-order valence-corrected chi connectivity index (χ1v) is 5.97. The molecule has 4 heteroatoms. The number of nitriles is 1. The van der Waals surface area contributed by atoms with Crippen LogP contribution in [0.25, 0.3) is 0 Å².